The Morgan fingerprint density at radius 1 is 1.10 bits per heavy atom. The van der Waals surface area contributed by atoms with E-state index in [0.717, 1.165) is 11.3 Å². The molecule has 3 rings (SSSR count). The number of aromatic nitrogens is 2. The van der Waals surface area contributed by atoms with Gasteiger partial charge in [0.1, 0.15) is 11.6 Å². The third-order valence-corrected chi connectivity index (χ3v) is 3.52. The number of rotatable bonds is 2. The lowest BCUT2D eigenvalue weighted by Gasteiger charge is -2.14. The maximum absolute atomic E-state index is 12.8. The summed E-state index contributed by atoms with van der Waals surface area (Å²) in [5.74, 6) is 1.30. The Bertz CT molecular complexity index is 882. The quantitative estimate of drug-likeness (QED) is 0.724. The number of nitrogens with zero attached hydrogens (tertiary/aromatic N) is 2. The molecule has 0 N–H and O–H groups in total. The summed E-state index contributed by atoms with van der Waals surface area (Å²) < 4.78 is 6.99. The SMILES string of the molecule is COc1ccc(C)cc1-n1c(C)nc2ccccc2c1=O. The molecule has 0 aliphatic rings. The molecule has 0 radical (unpaired) electrons. The maximum Gasteiger partial charge on any atom is 0.266 e. The fraction of sp³-hybridized carbons (Fsp3) is 0.176. The van der Waals surface area contributed by atoms with Gasteiger partial charge in [0, 0.05) is 0 Å². The van der Waals surface area contributed by atoms with E-state index in [-0.39, 0.29) is 5.56 Å². The smallest absolute Gasteiger partial charge is 0.266 e. The van der Waals surface area contributed by atoms with Crippen LogP contribution in [0.2, 0.25) is 0 Å². The van der Waals surface area contributed by atoms with Gasteiger partial charge in [-0.1, -0.05) is 18.2 Å². The zero-order valence-electron chi connectivity index (χ0n) is 12.3. The van der Waals surface area contributed by atoms with Crippen LogP contribution in [-0.4, -0.2) is 16.7 Å². The van der Waals surface area contributed by atoms with Crippen molar-refractivity contribution in [3.05, 3.63) is 64.2 Å². The van der Waals surface area contributed by atoms with Crippen molar-refractivity contribution in [2.75, 3.05) is 7.11 Å². The van der Waals surface area contributed by atoms with Crippen molar-refractivity contribution >= 4 is 10.9 Å². The van der Waals surface area contributed by atoms with Crippen molar-refractivity contribution in [2.45, 2.75) is 13.8 Å². The molecule has 1 aromatic heterocycles. The van der Waals surface area contributed by atoms with Gasteiger partial charge in [-0.3, -0.25) is 9.36 Å². The third kappa shape index (κ3) is 2.18. The van der Waals surface area contributed by atoms with E-state index in [0.29, 0.717) is 22.5 Å². The summed E-state index contributed by atoms with van der Waals surface area (Å²) in [7, 11) is 1.60. The Morgan fingerprint density at radius 2 is 1.86 bits per heavy atom. The maximum atomic E-state index is 12.8. The number of para-hydroxylation sites is 1. The molecule has 1 heterocycles. The zero-order valence-corrected chi connectivity index (χ0v) is 12.3. The molecule has 0 spiro atoms. The summed E-state index contributed by atoms with van der Waals surface area (Å²) in [5.41, 5.74) is 2.41. The van der Waals surface area contributed by atoms with Gasteiger partial charge in [0.15, 0.2) is 0 Å². The fourth-order valence-corrected chi connectivity index (χ4v) is 2.50. The van der Waals surface area contributed by atoms with Crippen LogP contribution in [0.5, 0.6) is 5.75 Å². The summed E-state index contributed by atoms with van der Waals surface area (Å²) in [5, 5.41) is 0.603. The van der Waals surface area contributed by atoms with Crippen molar-refractivity contribution in [1.82, 2.24) is 9.55 Å². The summed E-state index contributed by atoms with van der Waals surface area (Å²) in [6, 6.07) is 13.1. The molecule has 106 valence electrons. The van der Waals surface area contributed by atoms with Gasteiger partial charge < -0.3 is 4.74 Å². The summed E-state index contributed by atoms with van der Waals surface area (Å²) in [6.07, 6.45) is 0. The average Bonchev–Trinajstić information content (AvgIpc) is 2.47. The second-order valence-corrected chi connectivity index (χ2v) is 4.99. The van der Waals surface area contributed by atoms with Crippen molar-refractivity contribution in [1.29, 1.82) is 0 Å². The average molecular weight is 280 g/mol. The van der Waals surface area contributed by atoms with Gasteiger partial charge in [0.2, 0.25) is 0 Å². The molecule has 4 nitrogen and oxygen atoms in total. The van der Waals surface area contributed by atoms with Crippen molar-refractivity contribution in [3.63, 3.8) is 0 Å². The molecule has 3 aromatic rings. The number of benzene rings is 2. The van der Waals surface area contributed by atoms with Gasteiger partial charge in [0.05, 0.1) is 23.7 Å². The molecule has 21 heavy (non-hydrogen) atoms. The number of hydrogen-bond acceptors (Lipinski definition) is 3. The van der Waals surface area contributed by atoms with Crippen LogP contribution < -0.4 is 10.3 Å². The number of aryl methyl sites for hydroxylation is 2. The topological polar surface area (TPSA) is 44.1 Å². The number of hydrogen-bond donors (Lipinski definition) is 0. The Balaban J connectivity index is 2.41. The minimum absolute atomic E-state index is 0.0815. The van der Waals surface area contributed by atoms with Crippen LogP contribution in [0.1, 0.15) is 11.4 Å². The van der Waals surface area contributed by atoms with Gasteiger partial charge >= 0.3 is 0 Å². The van der Waals surface area contributed by atoms with Crippen LogP contribution >= 0.6 is 0 Å². The Kier molecular flexibility index (Phi) is 3.22. The molecule has 0 atom stereocenters. The van der Waals surface area contributed by atoms with E-state index in [1.165, 1.54) is 0 Å². The molecule has 0 unspecified atom stereocenters. The summed E-state index contributed by atoms with van der Waals surface area (Å²) >= 11 is 0. The van der Waals surface area contributed by atoms with Crippen molar-refractivity contribution < 1.29 is 4.74 Å². The van der Waals surface area contributed by atoms with Gasteiger partial charge in [0.25, 0.3) is 5.56 Å². The second kappa shape index (κ2) is 5.05. The molecule has 0 bridgehead atoms. The highest BCUT2D eigenvalue weighted by atomic mass is 16.5. The van der Waals surface area contributed by atoms with E-state index in [4.69, 9.17) is 4.74 Å². The minimum atomic E-state index is -0.0815. The second-order valence-electron chi connectivity index (χ2n) is 4.99. The number of methoxy groups -OCH3 is 1. The van der Waals surface area contributed by atoms with Crippen molar-refractivity contribution in [3.8, 4) is 11.4 Å². The third-order valence-electron chi connectivity index (χ3n) is 3.52. The highest BCUT2D eigenvalue weighted by Gasteiger charge is 2.13. The first-order chi connectivity index (χ1) is 10.1. The van der Waals surface area contributed by atoms with Crippen LogP contribution in [-0.2, 0) is 0 Å². The first kappa shape index (κ1) is 13.4. The zero-order chi connectivity index (χ0) is 15.0. The Labute approximate surface area is 122 Å². The van der Waals surface area contributed by atoms with Gasteiger partial charge in [-0.25, -0.2) is 4.98 Å². The summed E-state index contributed by atoms with van der Waals surface area (Å²) in [4.78, 5) is 17.3. The molecule has 0 aliphatic carbocycles. The molecule has 0 fully saturated rings. The Morgan fingerprint density at radius 3 is 2.62 bits per heavy atom. The molecule has 0 aliphatic heterocycles. The van der Waals surface area contributed by atoms with Gasteiger partial charge in [-0.15, -0.1) is 0 Å². The first-order valence-electron chi connectivity index (χ1n) is 6.75. The van der Waals surface area contributed by atoms with E-state index in [9.17, 15) is 4.79 Å². The fourth-order valence-electron chi connectivity index (χ4n) is 2.50. The minimum Gasteiger partial charge on any atom is -0.495 e. The number of ether oxygens (including phenoxy) is 1. The van der Waals surface area contributed by atoms with Crippen LogP contribution in [0.25, 0.3) is 16.6 Å². The van der Waals surface area contributed by atoms with E-state index in [1.54, 1.807) is 17.7 Å². The molecule has 0 saturated heterocycles. The molecule has 0 saturated carbocycles. The van der Waals surface area contributed by atoms with E-state index >= 15 is 0 Å². The largest absolute Gasteiger partial charge is 0.495 e. The van der Waals surface area contributed by atoms with Gasteiger partial charge in [-0.05, 0) is 43.7 Å². The lowest BCUT2D eigenvalue weighted by Crippen LogP contribution is -2.22. The molecule has 0 amide bonds. The van der Waals surface area contributed by atoms with E-state index < -0.39 is 0 Å². The highest BCUT2D eigenvalue weighted by Crippen LogP contribution is 2.24. The molecule has 4 heteroatoms. The summed E-state index contributed by atoms with van der Waals surface area (Å²) in [6.45, 7) is 3.81. The lowest BCUT2D eigenvalue weighted by molar-refractivity contribution is 0.412. The molecular weight excluding hydrogens is 264 g/mol. The standard InChI is InChI=1S/C17H16N2O2/c1-11-8-9-16(21-3)15(10-11)19-12(2)18-14-7-5-4-6-13(14)17(19)20/h4-10H,1-3H3. The van der Waals surface area contributed by atoms with E-state index in [2.05, 4.69) is 4.98 Å². The predicted octanol–water partition coefficient (Wildman–Crippen LogP) is 3.01. The highest BCUT2D eigenvalue weighted by molar-refractivity contribution is 5.78. The van der Waals surface area contributed by atoms with Crippen LogP contribution in [0, 0.1) is 13.8 Å². The van der Waals surface area contributed by atoms with Crippen LogP contribution in [0.4, 0.5) is 0 Å². The van der Waals surface area contributed by atoms with Crippen LogP contribution in [0.15, 0.2) is 47.3 Å². The Hall–Kier alpha value is -2.62. The van der Waals surface area contributed by atoms with Crippen LogP contribution in [0.3, 0.4) is 0 Å². The lowest BCUT2D eigenvalue weighted by atomic mass is 10.2. The predicted molar refractivity (Wildman–Crippen MR) is 83.4 cm³/mol. The van der Waals surface area contributed by atoms with Gasteiger partial charge in [-0.2, -0.15) is 0 Å². The first-order valence-corrected chi connectivity index (χ1v) is 6.75. The van der Waals surface area contributed by atoms with E-state index in [1.807, 2.05) is 50.2 Å². The normalized spacial score (nSPS) is 10.8. The monoisotopic (exact) mass is 280 g/mol. The van der Waals surface area contributed by atoms with Crippen molar-refractivity contribution in [2.24, 2.45) is 0 Å². The molecule has 2 aromatic carbocycles. The molecular formula is C17H16N2O2. The number of fused-ring (bicyclic) bond motifs is 1.